The van der Waals surface area contributed by atoms with E-state index in [-0.39, 0.29) is 12.0 Å². The summed E-state index contributed by atoms with van der Waals surface area (Å²) in [5, 5.41) is 7.04. The summed E-state index contributed by atoms with van der Waals surface area (Å²) in [5.74, 6) is 0.786. The van der Waals surface area contributed by atoms with Gasteiger partial charge in [0.05, 0.1) is 19.4 Å². The number of nitrogens with one attached hydrogen (secondary N) is 1. The van der Waals surface area contributed by atoms with Crippen LogP contribution in [-0.2, 0) is 23.0 Å². The highest BCUT2D eigenvalue weighted by atomic mass is 16.5. The van der Waals surface area contributed by atoms with Crippen molar-refractivity contribution in [3.05, 3.63) is 41.7 Å². The molecule has 24 heavy (non-hydrogen) atoms. The zero-order valence-corrected chi connectivity index (χ0v) is 14.1. The minimum atomic E-state index is -0.0159. The van der Waals surface area contributed by atoms with E-state index in [4.69, 9.17) is 9.47 Å². The van der Waals surface area contributed by atoms with Crippen LogP contribution in [0.3, 0.4) is 0 Å². The summed E-state index contributed by atoms with van der Waals surface area (Å²) >= 11 is 0. The van der Waals surface area contributed by atoms with E-state index in [9.17, 15) is 4.79 Å². The molecule has 2 heterocycles. The van der Waals surface area contributed by atoms with Crippen LogP contribution < -0.4 is 10.1 Å². The van der Waals surface area contributed by atoms with Crippen LogP contribution in [0.15, 0.2) is 30.6 Å². The molecule has 3 rings (SSSR count). The van der Waals surface area contributed by atoms with E-state index in [2.05, 4.69) is 10.4 Å². The number of rotatable bonds is 6. The molecule has 0 spiro atoms. The fraction of sp³-hybridized carbons (Fsp3) is 0.444. The second-order valence-corrected chi connectivity index (χ2v) is 6.15. The molecule has 1 aliphatic heterocycles. The van der Waals surface area contributed by atoms with Gasteiger partial charge in [-0.1, -0.05) is 6.07 Å². The Morgan fingerprint density at radius 3 is 3.08 bits per heavy atom. The first-order valence-electron chi connectivity index (χ1n) is 8.22. The molecule has 1 amide bonds. The predicted molar refractivity (Wildman–Crippen MR) is 91.2 cm³/mol. The molecule has 1 saturated heterocycles. The Labute approximate surface area is 141 Å². The molecule has 1 aromatic carbocycles. The number of hydrogen-bond acceptors (Lipinski definition) is 4. The Morgan fingerprint density at radius 2 is 2.38 bits per heavy atom. The van der Waals surface area contributed by atoms with Gasteiger partial charge < -0.3 is 14.8 Å². The standard InChI is InChI=1S/C18H23N3O3/c1-13-3-5-15(9-17(13)24-16-7-8-23-12-16)20-18(22)6-4-14-10-19-21(2)11-14/h3,5,9-11,16H,4,6-8,12H2,1-2H3,(H,20,22)/t16-/m0/s1. The smallest absolute Gasteiger partial charge is 0.224 e. The van der Waals surface area contributed by atoms with Gasteiger partial charge in [0.1, 0.15) is 11.9 Å². The zero-order valence-electron chi connectivity index (χ0n) is 14.1. The van der Waals surface area contributed by atoms with Crippen molar-refractivity contribution in [1.29, 1.82) is 0 Å². The number of aromatic nitrogens is 2. The topological polar surface area (TPSA) is 65.4 Å². The molecular weight excluding hydrogens is 306 g/mol. The maximum absolute atomic E-state index is 12.1. The first kappa shape index (κ1) is 16.5. The molecule has 0 aliphatic carbocycles. The monoisotopic (exact) mass is 329 g/mol. The van der Waals surface area contributed by atoms with Gasteiger partial charge in [-0.3, -0.25) is 9.48 Å². The van der Waals surface area contributed by atoms with Crippen LogP contribution in [0.1, 0.15) is 24.0 Å². The third-order valence-electron chi connectivity index (χ3n) is 4.05. The van der Waals surface area contributed by atoms with Crippen LogP contribution in [-0.4, -0.2) is 35.0 Å². The average molecular weight is 329 g/mol. The lowest BCUT2D eigenvalue weighted by Crippen LogP contribution is -2.17. The number of carbonyl (C=O) groups is 1. The molecule has 0 bridgehead atoms. The Balaban J connectivity index is 1.56. The van der Waals surface area contributed by atoms with Crippen LogP contribution in [0, 0.1) is 6.92 Å². The SMILES string of the molecule is Cc1ccc(NC(=O)CCc2cnn(C)c2)cc1O[C@H]1CCOC1. The Bertz CT molecular complexity index is 705. The molecule has 1 aromatic heterocycles. The highest BCUT2D eigenvalue weighted by Gasteiger charge is 2.18. The number of nitrogens with zero attached hydrogens (tertiary/aromatic N) is 2. The van der Waals surface area contributed by atoms with Gasteiger partial charge in [0.2, 0.25) is 5.91 Å². The summed E-state index contributed by atoms with van der Waals surface area (Å²) in [4.78, 5) is 12.1. The van der Waals surface area contributed by atoms with Crippen molar-refractivity contribution in [1.82, 2.24) is 9.78 Å². The van der Waals surface area contributed by atoms with E-state index in [1.807, 2.05) is 38.4 Å². The van der Waals surface area contributed by atoms with Gasteiger partial charge in [0, 0.05) is 37.8 Å². The van der Waals surface area contributed by atoms with Gasteiger partial charge in [-0.15, -0.1) is 0 Å². The predicted octanol–water partition coefficient (Wildman–Crippen LogP) is 2.47. The van der Waals surface area contributed by atoms with Crippen LogP contribution in [0.4, 0.5) is 5.69 Å². The summed E-state index contributed by atoms with van der Waals surface area (Å²) < 4.78 is 13.1. The summed E-state index contributed by atoms with van der Waals surface area (Å²) in [6.07, 6.45) is 5.81. The van der Waals surface area contributed by atoms with Crippen molar-refractivity contribution in [3.63, 3.8) is 0 Å². The Hall–Kier alpha value is -2.34. The van der Waals surface area contributed by atoms with Crippen LogP contribution in [0.25, 0.3) is 0 Å². The lowest BCUT2D eigenvalue weighted by Gasteiger charge is -2.15. The molecule has 128 valence electrons. The summed E-state index contributed by atoms with van der Waals surface area (Å²) in [7, 11) is 1.87. The first-order chi connectivity index (χ1) is 11.6. The lowest BCUT2D eigenvalue weighted by molar-refractivity contribution is -0.116. The highest BCUT2D eigenvalue weighted by molar-refractivity contribution is 5.91. The Kier molecular flexibility index (Phi) is 5.15. The minimum Gasteiger partial charge on any atom is -0.488 e. The van der Waals surface area contributed by atoms with Crippen LogP contribution in [0.2, 0.25) is 0 Å². The molecule has 2 aromatic rings. The molecule has 6 heteroatoms. The number of hydrogen-bond donors (Lipinski definition) is 1. The molecule has 1 fully saturated rings. The number of carbonyl (C=O) groups excluding carboxylic acids is 1. The van der Waals surface area contributed by atoms with Gasteiger partial charge in [0.25, 0.3) is 0 Å². The van der Waals surface area contributed by atoms with Crippen molar-refractivity contribution in [3.8, 4) is 5.75 Å². The maximum atomic E-state index is 12.1. The van der Waals surface area contributed by atoms with E-state index in [1.165, 1.54) is 0 Å². The van der Waals surface area contributed by atoms with Gasteiger partial charge in [-0.25, -0.2) is 0 Å². The van der Waals surface area contributed by atoms with E-state index in [1.54, 1.807) is 10.9 Å². The van der Waals surface area contributed by atoms with Gasteiger partial charge in [0.15, 0.2) is 0 Å². The number of benzene rings is 1. The molecule has 1 atom stereocenters. The van der Waals surface area contributed by atoms with Gasteiger partial charge >= 0.3 is 0 Å². The fourth-order valence-corrected chi connectivity index (χ4v) is 2.67. The third-order valence-corrected chi connectivity index (χ3v) is 4.05. The quantitative estimate of drug-likeness (QED) is 0.884. The van der Waals surface area contributed by atoms with Crippen LogP contribution in [0.5, 0.6) is 5.75 Å². The molecule has 0 unspecified atom stereocenters. The van der Waals surface area contributed by atoms with E-state index in [0.717, 1.165) is 35.6 Å². The van der Waals surface area contributed by atoms with Crippen molar-refractivity contribution in [2.45, 2.75) is 32.3 Å². The fourth-order valence-electron chi connectivity index (χ4n) is 2.67. The van der Waals surface area contributed by atoms with Crippen molar-refractivity contribution in [2.24, 2.45) is 7.05 Å². The third kappa shape index (κ3) is 4.35. The minimum absolute atomic E-state index is 0.0159. The maximum Gasteiger partial charge on any atom is 0.224 e. The van der Waals surface area contributed by atoms with E-state index >= 15 is 0 Å². The van der Waals surface area contributed by atoms with Crippen molar-refractivity contribution < 1.29 is 14.3 Å². The summed E-state index contributed by atoms with van der Waals surface area (Å²) in [5.41, 5.74) is 2.86. The van der Waals surface area contributed by atoms with Gasteiger partial charge in [-0.2, -0.15) is 5.10 Å². The summed E-state index contributed by atoms with van der Waals surface area (Å²) in [6, 6.07) is 5.74. The lowest BCUT2D eigenvalue weighted by atomic mass is 10.1. The van der Waals surface area contributed by atoms with Crippen LogP contribution >= 0.6 is 0 Å². The zero-order chi connectivity index (χ0) is 16.9. The Morgan fingerprint density at radius 1 is 1.50 bits per heavy atom. The molecular formula is C18H23N3O3. The second kappa shape index (κ2) is 7.49. The first-order valence-corrected chi connectivity index (χ1v) is 8.22. The van der Waals surface area contributed by atoms with E-state index in [0.29, 0.717) is 19.4 Å². The average Bonchev–Trinajstić information content (AvgIpc) is 3.20. The highest BCUT2D eigenvalue weighted by Crippen LogP contribution is 2.25. The number of anilines is 1. The van der Waals surface area contributed by atoms with Gasteiger partial charge in [-0.05, 0) is 30.5 Å². The van der Waals surface area contributed by atoms with Crippen molar-refractivity contribution in [2.75, 3.05) is 18.5 Å². The molecule has 1 N–H and O–H groups in total. The molecule has 0 saturated carbocycles. The normalized spacial score (nSPS) is 17.0. The number of aryl methyl sites for hydroxylation is 3. The second-order valence-electron chi connectivity index (χ2n) is 6.15. The molecule has 0 radical (unpaired) electrons. The largest absolute Gasteiger partial charge is 0.488 e. The summed E-state index contributed by atoms with van der Waals surface area (Å²) in [6.45, 7) is 3.37. The van der Waals surface area contributed by atoms with E-state index < -0.39 is 0 Å². The number of amides is 1. The van der Waals surface area contributed by atoms with Crippen molar-refractivity contribution >= 4 is 11.6 Å². The molecule has 1 aliphatic rings. The molecule has 6 nitrogen and oxygen atoms in total. The number of ether oxygens (including phenoxy) is 2.